The molecule has 1 saturated heterocycles. The molecule has 8 heteroatoms. The van der Waals surface area contributed by atoms with Crippen molar-refractivity contribution >= 4 is 30.4 Å². The normalized spacial score (nSPS) is 23.0. The Hall–Kier alpha value is -1.85. The average Bonchev–Trinajstić information content (AvgIpc) is 2.84. The van der Waals surface area contributed by atoms with E-state index >= 15 is 0 Å². The molecule has 1 aliphatic rings. The molecule has 0 amide bonds. The van der Waals surface area contributed by atoms with Gasteiger partial charge in [-0.2, -0.15) is 0 Å². The predicted molar refractivity (Wildman–Crippen MR) is 113 cm³/mol. The summed E-state index contributed by atoms with van der Waals surface area (Å²) in [6.45, 7) is 4.03. The molecule has 29 heavy (non-hydrogen) atoms. The van der Waals surface area contributed by atoms with Crippen LogP contribution in [0.25, 0.3) is 0 Å². The molecular formula is C21H25ClNO5P. The van der Waals surface area contributed by atoms with Gasteiger partial charge in [-0.3, -0.25) is 9.36 Å². The number of hydrogen-bond donors (Lipinski definition) is 1. The van der Waals surface area contributed by atoms with E-state index in [2.05, 4.69) is 0 Å². The van der Waals surface area contributed by atoms with Crippen LogP contribution in [0.5, 0.6) is 11.5 Å². The van der Waals surface area contributed by atoms with Gasteiger partial charge in [0, 0.05) is 11.1 Å². The van der Waals surface area contributed by atoms with Gasteiger partial charge < -0.3 is 14.4 Å². The van der Waals surface area contributed by atoms with Crippen LogP contribution in [0, 0.1) is 5.92 Å². The number of hydrogen-bond acceptors (Lipinski definition) is 4. The highest BCUT2D eigenvalue weighted by Crippen LogP contribution is 2.54. The number of carboxylic acids is 1. The minimum Gasteiger partial charge on any atom is -0.480 e. The van der Waals surface area contributed by atoms with E-state index in [1.54, 1.807) is 53.2 Å². The number of aliphatic carboxylic acids is 1. The van der Waals surface area contributed by atoms with Crippen LogP contribution in [0.3, 0.4) is 0 Å². The molecule has 2 atom stereocenters. The average molecular weight is 438 g/mol. The highest BCUT2D eigenvalue weighted by atomic mass is 35.5. The number of halogens is 1. The molecule has 1 fully saturated rings. The first-order valence-electron chi connectivity index (χ1n) is 9.57. The van der Waals surface area contributed by atoms with Gasteiger partial charge in [-0.15, -0.1) is 0 Å². The van der Waals surface area contributed by atoms with Crippen molar-refractivity contribution in [1.29, 1.82) is 0 Å². The summed E-state index contributed by atoms with van der Waals surface area (Å²) in [6.07, 6.45) is 1.48. The molecule has 2 aromatic carbocycles. The fourth-order valence-corrected chi connectivity index (χ4v) is 6.19. The van der Waals surface area contributed by atoms with Gasteiger partial charge in [0.05, 0.1) is 11.9 Å². The Morgan fingerprint density at radius 1 is 1.21 bits per heavy atom. The first-order valence-corrected chi connectivity index (χ1v) is 11.5. The Kier molecular flexibility index (Phi) is 7.01. The third-order valence-electron chi connectivity index (χ3n) is 4.91. The zero-order chi connectivity index (χ0) is 21.0. The first kappa shape index (κ1) is 21.8. The van der Waals surface area contributed by atoms with Crippen molar-refractivity contribution in [2.45, 2.75) is 32.7 Å². The molecular weight excluding hydrogens is 413 g/mol. The second kappa shape index (κ2) is 9.31. The molecule has 0 radical (unpaired) electrons. The SMILES string of the molecule is CC(C)C1CCCOP(=O)(c2ccc(Oc3ccc(Cl)cc3)cc2)N1CC(=O)O. The zero-order valence-electron chi connectivity index (χ0n) is 16.5. The molecule has 2 unspecified atom stereocenters. The third kappa shape index (κ3) is 5.20. The van der Waals surface area contributed by atoms with E-state index in [0.717, 1.165) is 12.8 Å². The van der Waals surface area contributed by atoms with Crippen molar-refractivity contribution in [2.24, 2.45) is 5.92 Å². The van der Waals surface area contributed by atoms with Crippen LogP contribution in [0.15, 0.2) is 48.5 Å². The maximum Gasteiger partial charge on any atom is 0.318 e. The van der Waals surface area contributed by atoms with E-state index < -0.39 is 13.5 Å². The van der Waals surface area contributed by atoms with Crippen molar-refractivity contribution in [1.82, 2.24) is 4.67 Å². The number of carboxylic acid groups (broad SMARTS) is 1. The third-order valence-corrected chi connectivity index (χ3v) is 7.76. The van der Waals surface area contributed by atoms with Crippen LogP contribution in [-0.4, -0.2) is 34.9 Å². The maximum atomic E-state index is 13.9. The second-order valence-electron chi connectivity index (χ2n) is 7.35. The van der Waals surface area contributed by atoms with Crippen molar-refractivity contribution < 1.29 is 23.7 Å². The summed E-state index contributed by atoms with van der Waals surface area (Å²) in [5, 5.41) is 10.5. The molecule has 0 aliphatic carbocycles. The van der Waals surface area contributed by atoms with E-state index in [0.29, 0.717) is 28.4 Å². The van der Waals surface area contributed by atoms with Gasteiger partial charge in [0.1, 0.15) is 18.0 Å². The van der Waals surface area contributed by atoms with Crippen LogP contribution >= 0.6 is 19.1 Å². The fourth-order valence-electron chi connectivity index (χ4n) is 3.49. The van der Waals surface area contributed by atoms with Gasteiger partial charge in [-0.1, -0.05) is 25.4 Å². The zero-order valence-corrected chi connectivity index (χ0v) is 18.1. The Morgan fingerprint density at radius 3 is 2.34 bits per heavy atom. The van der Waals surface area contributed by atoms with Crippen LogP contribution in [0.1, 0.15) is 26.7 Å². The fraction of sp³-hybridized carbons (Fsp3) is 0.381. The Labute approximate surface area is 175 Å². The summed E-state index contributed by atoms with van der Waals surface area (Å²) >= 11 is 5.89. The van der Waals surface area contributed by atoms with Crippen LogP contribution < -0.4 is 10.0 Å². The summed E-state index contributed by atoms with van der Waals surface area (Å²) in [5.41, 5.74) is 0. The Bertz CT molecular complexity index is 885. The molecule has 156 valence electrons. The van der Waals surface area contributed by atoms with Crippen LogP contribution in [-0.2, 0) is 13.9 Å². The largest absolute Gasteiger partial charge is 0.480 e. The van der Waals surface area contributed by atoms with Gasteiger partial charge in [0.2, 0.25) is 0 Å². The van der Waals surface area contributed by atoms with Crippen molar-refractivity contribution in [3.8, 4) is 11.5 Å². The van der Waals surface area contributed by atoms with E-state index in [1.165, 1.54) is 0 Å². The van der Waals surface area contributed by atoms with E-state index in [4.69, 9.17) is 20.9 Å². The number of nitrogens with zero attached hydrogens (tertiary/aromatic N) is 1. The lowest BCUT2D eigenvalue weighted by atomic mass is 9.99. The highest BCUT2D eigenvalue weighted by Gasteiger charge is 2.42. The molecule has 1 N–H and O–H groups in total. The second-order valence-corrected chi connectivity index (χ2v) is 10.1. The topological polar surface area (TPSA) is 76.1 Å². The molecule has 0 aromatic heterocycles. The lowest BCUT2D eigenvalue weighted by Gasteiger charge is -2.36. The number of benzene rings is 2. The molecule has 0 spiro atoms. The van der Waals surface area contributed by atoms with Gasteiger partial charge >= 0.3 is 13.5 Å². The van der Waals surface area contributed by atoms with Crippen LogP contribution in [0.2, 0.25) is 5.02 Å². The summed E-state index contributed by atoms with van der Waals surface area (Å²) < 4.78 is 27.1. The number of ether oxygens (including phenoxy) is 1. The predicted octanol–water partition coefficient (Wildman–Crippen LogP) is 5.17. The number of rotatable bonds is 6. The summed E-state index contributed by atoms with van der Waals surface area (Å²) in [4.78, 5) is 11.5. The minimum absolute atomic E-state index is 0.135. The Balaban J connectivity index is 1.89. The lowest BCUT2D eigenvalue weighted by molar-refractivity contribution is -0.137. The van der Waals surface area contributed by atoms with E-state index in [1.807, 2.05) is 13.8 Å². The van der Waals surface area contributed by atoms with Crippen LogP contribution in [0.4, 0.5) is 0 Å². The molecule has 6 nitrogen and oxygen atoms in total. The van der Waals surface area contributed by atoms with Crippen molar-refractivity contribution in [3.63, 3.8) is 0 Å². The summed E-state index contributed by atoms with van der Waals surface area (Å²) in [7, 11) is -3.51. The van der Waals surface area contributed by atoms with Gasteiger partial charge in [-0.25, -0.2) is 4.67 Å². The summed E-state index contributed by atoms with van der Waals surface area (Å²) in [6, 6.07) is 13.6. The van der Waals surface area contributed by atoms with Gasteiger partial charge in [-0.05, 0) is 67.3 Å². The van der Waals surface area contributed by atoms with Crippen molar-refractivity contribution in [3.05, 3.63) is 53.6 Å². The lowest BCUT2D eigenvalue weighted by Crippen LogP contribution is -2.41. The smallest absolute Gasteiger partial charge is 0.318 e. The Morgan fingerprint density at radius 2 is 1.79 bits per heavy atom. The number of carbonyl (C=O) groups is 1. The minimum atomic E-state index is -3.51. The molecule has 2 aromatic rings. The molecule has 1 aliphatic heterocycles. The quantitative estimate of drug-likeness (QED) is 0.628. The molecule has 3 rings (SSSR count). The van der Waals surface area contributed by atoms with Gasteiger partial charge in [0.25, 0.3) is 0 Å². The van der Waals surface area contributed by atoms with Crippen molar-refractivity contribution in [2.75, 3.05) is 13.2 Å². The first-order chi connectivity index (χ1) is 13.8. The highest BCUT2D eigenvalue weighted by molar-refractivity contribution is 7.64. The maximum absolute atomic E-state index is 13.9. The van der Waals surface area contributed by atoms with Gasteiger partial charge in [0.15, 0.2) is 0 Å². The molecule has 0 saturated carbocycles. The van der Waals surface area contributed by atoms with E-state index in [-0.39, 0.29) is 18.5 Å². The standard InChI is InChI=1S/C21H25ClNO5P/c1-15(2)20-4-3-13-27-29(26,23(20)14-21(24)25)19-11-9-18(10-12-19)28-17-7-5-16(22)6-8-17/h5-12,15,20H,3-4,13-14H2,1-2H3,(H,24,25). The summed E-state index contributed by atoms with van der Waals surface area (Å²) in [5.74, 6) is 0.329. The van der Waals surface area contributed by atoms with E-state index in [9.17, 15) is 14.5 Å². The monoisotopic (exact) mass is 437 g/mol. The molecule has 0 bridgehead atoms. The molecule has 1 heterocycles.